The zero-order valence-electron chi connectivity index (χ0n) is 9.20. The van der Waals surface area contributed by atoms with Crippen LogP contribution in [0.3, 0.4) is 0 Å². The lowest BCUT2D eigenvalue weighted by molar-refractivity contribution is 0.624. The van der Waals surface area contributed by atoms with Crippen molar-refractivity contribution in [3.05, 3.63) is 57.0 Å². The van der Waals surface area contributed by atoms with Crippen LogP contribution in [-0.2, 0) is 12.8 Å². The highest BCUT2D eigenvalue weighted by Gasteiger charge is 2.09. The molecule has 1 nitrogen and oxygen atoms in total. The average Bonchev–Trinajstić information content (AvgIpc) is 2.75. The Labute approximate surface area is 109 Å². The van der Waals surface area contributed by atoms with Gasteiger partial charge in [0.15, 0.2) is 0 Å². The molecule has 0 bridgehead atoms. The first kappa shape index (κ1) is 12.6. The lowest BCUT2D eigenvalue weighted by Crippen LogP contribution is -2.25. The van der Waals surface area contributed by atoms with Gasteiger partial charge in [-0.15, -0.1) is 11.3 Å². The van der Waals surface area contributed by atoms with E-state index in [4.69, 9.17) is 17.3 Å². The van der Waals surface area contributed by atoms with Crippen molar-refractivity contribution in [2.45, 2.75) is 18.9 Å². The second-order valence-electron chi connectivity index (χ2n) is 3.98. The lowest BCUT2D eigenvalue weighted by atomic mass is 10.0. The van der Waals surface area contributed by atoms with Gasteiger partial charge in [-0.1, -0.05) is 23.7 Å². The van der Waals surface area contributed by atoms with Crippen LogP contribution in [0.15, 0.2) is 35.7 Å². The van der Waals surface area contributed by atoms with Crippen molar-refractivity contribution in [1.82, 2.24) is 0 Å². The molecule has 0 radical (unpaired) electrons. The first-order valence-electron chi connectivity index (χ1n) is 5.37. The third-order valence-corrected chi connectivity index (χ3v) is 3.79. The maximum Gasteiger partial charge on any atom is 0.124 e. The van der Waals surface area contributed by atoms with Crippen molar-refractivity contribution >= 4 is 22.9 Å². The van der Waals surface area contributed by atoms with Crippen molar-refractivity contribution in [3.63, 3.8) is 0 Å². The van der Waals surface area contributed by atoms with E-state index < -0.39 is 0 Å². The summed E-state index contributed by atoms with van der Waals surface area (Å²) in [5, 5.41) is 2.49. The number of rotatable bonds is 4. The molecular weight excluding hydrogens is 257 g/mol. The molecule has 0 aliphatic rings. The molecule has 1 aromatic carbocycles. The molecule has 17 heavy (non-hydrogen) atoms. The summed E-state index contributed by atoms with van der Waals surface area (Å²) in [7, 11) is 0. The molecule has 2 aromatic rings. The minimum absolute atomic E-state index is 0.0108. The maximum absolute atomic E-state index is 12.9. The number of hydrogen-bond acceptors (Lipinski definition) is 2. The van der Waals surface area contributed by atoms with Gasteiger partial charge in [-0.25, -0.2) is 4.39 Å². The predicted octanol–water partition coefficient (Wildman–Crippen LogP) is 3.65. The molecule has 90 valence electrons. The molecule has 2 rings (SSSR count). The highest BCUT2D eigenvalue weighted by atomic mass is 35.5. The Hall–Kier alpha value is -0.900. The number of nitrogens with two attached hydrogens (primary N) is 1. The standard InChI is InChI=1S/C13H13ClFNS/c14-13-7-10(15)4-3-9(13)6-11(16)8-12-2-1-5-17-12/h1-5,7,11H,6,8,16H2. The third-order valence-electron chi connectivity index (χ3n) is 2.54. The van der Waals surface area contributed by atoms with Crippen molar-refractivity contribution in [1.29, 1.82) is 0 Å². The Kier molecular flexibility index (Phi) is 4.15. The van der Waals surface area contributed by atoms with Crippen molar-refractivity contribution in [2.24, 2.45) is 5.73 Å². The number of benzene rings is 1. The quantitative estimate of drug-likeness (QED) is 0.901. The normalized spacial score (nSPS) is 12.6. The molecule has 0 aliphatic carbocycles. The van der Waals surface area contributed by atoms with Gasteiger partial charge in [-0.05, 0) is 42.0 Å². The molecule has 1 aromatic heterocycles. The SMILES string of the molecule is NC(Cc1cccs1)Cc1ccc(F)cc1Cl. The highest BCUT2D eigenvalue weighted by Crippen LogP contribution is 2.20. The molecule has 0 spiro atoms. The van der Waals surface area contributed by atoms with E-state index >= 15 is 0 Å². The molecule has 0 saturated heterocycles. The van der Waals surface area contributed by atoms with E-state index in [1.165, 1.54) is 17.0 Å². The molecule has 0 aliphatic heterocycles. The fraction of sp³-hybridized carbons (Fsp3) is 0.231. The van der Waals surface area contributed by atoms with Crippen molar-refractivity contribution in [3.8, 4) is 0 Å². The molecule has 1 heterocycles. The van der Waals surface area contributed by atoms with Crippen LogP contribution >= 0.6 is 22.9 Å². The van der Waals surface area contributed by atoms with E-state index in [-0.39, 0.29) is 11.9 Å². The van der Waals surface area contributed by atoms with Gasteiger partial charge in [-0.2, -0.15) is 0 Å². The third kappa shape index (κ3) is 3.53. The van der Waals surface area contributed by atoms with Crippen LogP contribution in [0.1, 0.15) is 10.4 Å². The second kappa shape index (κ2) is 5.63. The van der Waals surface area contributed by atoms with Crippen LogP contribution in [-0.4, -0.2) is 6.04 Å². The van der Waals surface area contributed by atoms with Gasteiger partial charge in [0.05, 0.1) is 0 Å². The van der Waals surface area contributed by atoms with Crippen LogP contribution in [0.2, 0.25) is 5.02 Å². The Morgan fingerprint density at radius 1 is 1.29 bits per heavy atom. The Bertz CT molecular complexity index is 484. The number of thiophene rings is 1. The van der Waals surface area contributed by atoms with Crippen molar-refractivity contribution in [2.75, 3.05) is 0 Å². The largest absolute Gasteiger partial charge is 0.327 e. The van der Waals surface area contributed by atoms with Gasteiger partial charge in [0.2, 0.25) is 0 Å². The lowest BCUT2D eigenvalue weighted by Gasteiger charge is -2.11. The first-order chi connectivity index (χ1) is 8.15. The monoisotopic (exact) mass is 269 g/mol. The van der Waals surface area contributed by atoms with E-state index in [0.29, 0.717) is 11.4 Å². The summed E-state index contributed by atoms with van der Waals surface area (Å²) in [5.74, 6) is -0.314. The van der Waals surface area contributed by atoms with Crippen LogP contribution in [0.5, 0.6) is 0 Å². The van der Waals surface area contributed by atoms with E-state index in [9.17, 15) is 4.39 Å². The van der Waals surface area contributed by atoms with Gasteiger partial charge in [0.1, 0.15) is 5.82 Å². The summed E-state index contributed by atoms with van der Waals surface area (Å²) in [6.45, 7) is 0. The average molecular weight is 270 g/mol. The van der Waals surface area contributed by atoms with Crippen LogP contribution in [0, 0.1) is 5.82 Å². The Morgan fingerprint density at radius 2 is 2.12 bits per heavy atom. The predicted molar refractivity (Wildman–Crippen MR) is 71.1 cm³/mol. The zero-order chi connectivity index (χ0) is 12.3. The smallest absolute Gasteiger partial charge is 0.124 e. The van der Waals surface area contributed by atoms with E-state index in [0.717, 1.165) is 12.0 Å². The molecule has 1 unspecified atom stereocenters. The summed E-state index contributed by atoms with van der Waals surface area (Å²) < 4.78 is 12.9. The van der Waals surface area contributed by atoms with Gasteiger partial charge < -0.3 is 5.73 Å². The maximum atomic E-state index is 12.9. The highest BCUT2D eigenvalue weighted by molar-refractivity contribution is 7.09. The zero-order valence-corrected chi connectivity index (χ0v) is 10.8. The molecule has 4 heteroatoms. The molecule has 0 fully saturated rings. The van der Waals surface area contributed by atoms with Gasteiger partial charge in [0, 0.05) is 15.9 Å². The minimum Gasteiger partial charge on any atom is -0.327 e. The van der Waals surface area contributed by atoms with E-state index in [2.05, 4.69) is 6.07 Å². The topological polar surface area (TPSA) is 26.0 Å². The number of hydrogen-bond donors (Lipinski definition) is 1. The summed E-state index contributed by atoms with van der Waals surface area (Å²) in [5.41, 5.74) is 6.96. The number of halogens is 2. The van der Waals surface area contributed by atoms with Gasteiger partial charge >= 0.3 is 0 Å². The van der Waals surface area contributed by atoms with E-state index in [1.54, 1.807) is 17.4 Å². The summed E-state index contributed by atoms with van der Waals surface area (Å²) in [6, 6.07) is 8.53. The fourth-order valence-electron chi connectivity index (χ4n) is 1.73. The van der Waals surface area contributed by atoms with Crippen LogP contribution in [0.25, 0.3) is 0 Å². The molecule has 1 atom stereocenters. The fourth-order valence-corrected chi connectivity index (χ4v) is 2.77. The van der Waals surface area contributed by atoms with Crippen molar-refractivity contribution < 1.29 is 4.39 Å². The first-order valence-corrected chi connectivity index (χ1v) is 6.63. The summed E-state index contributed by atoms with van der Waals surface area (Å²) >= 11 is 7.66. The summed E-state index contributed by atoms with van der Waals surface area (Å²) in [6.07, 6.45) is 1.49. The van der Waals surface area contributed by atoms with Crippen LogP contribution < -0.4 is 5.73 Å². The molecular formula is C13H13ClFNS. The minimum atomic E-state index is -0.314. The van der Waals surface area contributed by atoms with Crippen LogP contribution in [0.4, 0.5) is 4.39 Å². The Balaban J connectivity index is 2.00. The second-order valence-corrected chi connectivity index (χ2v) is 5.42. The van der Waals surface area contributed by atoms with Gasteiger partial charge in [-0.3, -0.25) is 0 Å². The molecule has 0 amide bonds. The molecule has 2 N–H and O–H groups in total. The van der Waals surface area contributed by atoms with Gasteiger partial charge in [0.25, 0.3) is 0 Å². The van der Waals surface area contributed by atoms with E-state index in [1.807, 2.05) is 11.4 Å². The molecule has 0 saturated carbocycles. The summed E-state index contributed by atoms with van der Waals surface area (Å²) in [4.78, 5) is 1.26. The Morgan fingerprint density at radius 3 is 2.76 bits per heavy atom.